The minimum Gasteiger partial charge on any atom is -0.286 e. The number of amides is 3. The van der Waals surface area contributed by atoms with E-state index >= 15 is 0 Å². The zero-order valence-corrected chi connectivity index (χ0v) is 14.5. The molecule has 138 valence electrons. The molecule has 0 unspecified atom stereocenters. The summed E-state index contributed by atoms with van der Waals surface area (Å²) in [5, 5.41) is 11.1. The fraction of sp³-hybridized carbons (Fsp3) is 0.545. The molecule has 7 N–H and O–H groups in total. The molecule has 1 aromatic rings. The van der Waals surface area contributed by atoms with E-state index in [4.69, 9.17) is 5.14 Å². The predicted octanol–water partition coefficient (Wildman–Crippen LogP) is -1.60. The average Bonchev–Trinajstić information content (AvgIpc) is 2.96. The molecular formula is C11H17N7O5S2. The SMILES string of the molecule is NS(=O)(=O)[C@H]1CCCC[C@H]1C(=O)NNC(=O)C(=O)Nc1nc(=S)[nH][nH]1. The molecule has 2 rings (SSSR count). The number of carbonyl (C=O) groups excluding carboxylic acids is 3. The van der Waals surface area contributed by atoms with E-state index in [1.54, 1.807) is 0 Å². The first-order valence-corrected chi connectivity index (χ1v) is 9.27. The molecule has 2 atom stereocenters. The molecule has 0 spiro atoms. The maximum atomic E-state index is 12.1. The van der Waals surface area contributed by atoms with Crippen LogP contribution in [0.4, 0.5) is 5.95 Å². The van der Waals surface area contributed by atoms with Crippen LogP contribution in [0.3, 0.4) is 0 Å². The largest absolute Gasteiger partial charge is 0.328 e. The van der Waals surface area contributed by atoms with E-state index in [-0.39, 0.29) is 17.1 Å². The third kappa shape index (κ3) is 5.07. The monoisotopic (exact) mass is 391 g/mol. The lowest BCUT2D eigenvalue weighted by molar-refractivity contribution is -0.139. The van der Waals surface area contributed by atoms with Gasteiger partial charge in [-0.25, -0.2) is 13.6 Å². The highest BCUT2D eigenvalue weighted by atomic mass is 32.2. The van der Waals surface area contributed by atoms with Gasteiger partial charge in [0, 0.05) is 0 Å². The number of hydrazine groups is 1. The van der Waals surface area contributed by atoms with Crippen molar-refractivity contribution in [2.24, 2.45) is 11.1 Å². The smallest absolute Gasteiger partial charge is 0.286 e. The molecule has 1 heterocycles. The van der Waals surface area contributed by atoms with Crippen molar-refractivity contribution in [1.82, 2.24) is 26.0 Å². The number of aromatic amines is 2. The number of hydrogen-bond acceptors (Lipinski definition) is 7. The first-order chi connectivity index (χ1) is 11.7. The van der Waals surface area contributed by atoms with Crippen molar-refractivity contribution < 1.29 is 22.8 Å². The van der Waals surface area contributed by atoms with Crippen molar-refractivity contribution in [3.63, 3.8) is 0 Å². The van der Waals surface area contributed by atoms with Crippen molar-refractivity contribution in [2.45, 2.75) is 30.9 Å². The molecule has 0 radical (unpaired) electrons. The standard InChI is InChI=1S/C11H17N7O5S2/c12-25(22,23)6-4-2-1-3-5(6)7(19)15-16-9(21)8(20)13-10-14-11(24)18-17-10/h5-6H,1-4H2,(H,15,19)(H,16,21)(H2,12,22,23)(H3,13,14,17,18,20,24)/t5-,6+/m1/s1. The van der Waals surface area contributed by atoms with Gasteiger partial charge < -0.3 is 0 Å². The van der Waals surface area contributed by atoms with Gasteiger partial charge in [-0.1, -0.05) is 12.8 Å². The number of nitrogens with one attached hydrogen (secondary N) is 5. The Morgan fingerprint density at radius 2 is 1.80 bits per heavy atom. The summed E-state index contributed by atoms with van der Waals surface area (Å²) in [6.45, 7) is 0. The lowest BCUT2D eigenvalue weighted by Gasteiger charge is -2.28. The minimum atomic E-state index is -3.89. The Bertz CT molecular complexity index is 830. The Morgan fingerprint density at radius 3 is 2.40 bits per heavy atom. The third-order valence-electron chi connectivity index (χ3n) is 3.70. The number of nitrogens with zero attached hydrogens (tertiary/aromatic N) is 1. The second-order valence-electron chi connectivity index (χ2n) is 5.43. The van der Waals surface area contributed by atoms with Crippen molar-refractivity contribution in [3.8, 4) is 0 Å². The highest BCUT2D eigenvalue weighted by Gasteiger charge is 2.38. The second-order valence-corrected chi connectivity index (χ2v) is 7.60. The van der Waals surface area contributed by atoms with E-state index in [1.807, 2.05) is 10.9 Å². The normalized spacial score (nSPS) is 20.5. The van der Waals surface area contributed by atoms with Gasteiger partial charge in [0.25, 0.3) is 0 Å². The number of primary sulfonamides is 1. The van der Waals surface area contributed by atoms with Gasteiger partial charge in [-0.2, -0.15) is 4.98 Å². The van der Waals surface area contributed by atoms with E-state index < -0.39 is 38.9 Å². The summed E-state index contributed by atoms with van der Waals surface area (Å²) in [4.78, 5) is 39.1. The second kappa shape index (κ2) is 7.71. The van der Waals surface area contributed by atoms with E-state index in [2.05, 4.69) is 32.7 Å². The van der Waals surface area contributed by atoms with Crippen molar-refractivity contribution in [3.05, 3.63) is 4.77 Å². The van der Waals surface area contributed by atoms with Gasteiger partial charge in [-0.3, -0.25) is 40.7 Å². The molecule has 1 aliphatic rings. The maximum Gasteiger partial charge on any atom is 0.328 e. The first-order valence-electron chi connectivity index (χ1n) is 7.26. The van der Waals surface area contributed by atoms with Gasteiger partial charge in [0.15, 0.2) is 0 Å². The van der Waals surface area contributed by atoms with Gasteiger partial charge in [-0.05, 0) is 25.1 Å². The Balaban J connectivity index is 1.90. The van der Waals surface area contributed by atoms with Crippen LogP contribution in [-0.4, -0.2) is 46.6 Å². The molecule has 1 aromatic heterocycles. The topological polar surface area (TPSA) is 192 Å². The van der Waals surface area contributed by atoms with Gasteiger partial charge in [-0.15, -0.1) is 0 Å². The highest BCUT2D eigenvalue weighted by Crippen LogP contribution is 2.28. The number of anilines is 1. The highest BCUT2D eigenvalue weighted by molar-refractivity contribution is 7.89. The first kappa shape index (κ1) is 19.0. The van der Waals surface area contributed by atoms with Crippen LogP contribution < -0.4 is 21.3 Å². The van der Waals surface area contributed by atoms with Gasteiger partial charge >= 0.3 is 11.8 Å². The molecule has 3 amide bonds. The van der Waals surface area contributed by atoms with Crippen molar-refractivity contribution in [1.29, 1.82) is 0 Å². The van der Waals surface area contributed by atoms with Crippen LogP contribution in [0, 0.1) is 10.7 Å². The summed E-state index contributed by atoms with van der Waals surface area (Å²) in [5.74, 6) is -3.96. The molecule has 0 saturated heterocycles. The number of aromatic nitrogens is 3. The molecule has 1 fully saturated rings. The van der Waals surface area contributed by atoms with Gasteiger partial charge in [0.1, 0.15) is 0 Å². The number of H-pyrrole nitrogens is 2. The fourth-order valence-electron chi connectivity index (χ4n) is 2.55. The van der Waals surface area contributed by atoms with Gasteiger partial charge in [0.05, 0.1) is 11.2 Å². The molecule has 0 bridgehead atoms. The Morgan fingerprint density at radius 1 is 1.12 bits per heavy atom. The van der Waals surface area contributed by atoms with Crippen LogP contribution in [0.2, 0.25) is 0 Å². The summed E-state index contributed by atoms with van der Waals surface area (Å²) in [6.07, 6.45) is 1.89. The predicted molar refractivity (Wildman–Crippen MR) is 87.5 cm³/mol. The zero-order valence-electron chi connectivity index (χ0n) is 12.9. The molecular weight excluding hydrogens is 374 g/mol. The third-order valence-corrected chi connectivity index (χ3v) is 5.30. The number of nitrogens with two attached hydrogens (primary N) is 1. The Hall–Kier alpha value is -2.32. The maximum absolute atomic E-state index is 12.1. The van der Waals surface area contributed by atoms with Crippen LogP contribution >= 0.6 is 12.2 Å². The molecule has 1 aliphatic carbocycles. The number of sulfonamides is 1. The minimum absolute atomic E-state index is 0.0713. The van der Waals surface area contributed by atoms with E-state index in [1.165, 1.54) is 0 Å². The molecule has 0 aliphatic heterocycles. The summed E-state index contributed by atoms with van der Waals surface area (Å²) in [7, 11) is -3.89. The van der Waals surface area contributed by atoms with E-state index in [9.17, 15) is 22.8 Å². The quantitative estimate of drug-likeness (QED) is 0.203. The summed E-state index contributed by atoms with van der Waals surface area (Å²) in [6, 6.07) is 0. The van der Waals surface area contributed by atoms with Crippen LogP contribution in [-0.2, 0) is 24.4 Å². The fourth-order valence-corrected chi connectivity index (χ4v) is 3.91. The zero-order chi connectivity index (χ0) is 18.6. The van der Waals surface area contributed by atoms with Crippen LogP contribution in [0.5, 0.6) is 0 Å². The average molecular weight is 391 g/mol. The molecule has 14 heteroatoms. The summed E-state index contributed by atoms with van der Waals surface area (Å²) >= 11 is 4.68. The number of rotatable bonds is 3. The van der Waals surface area contributed by atoms with Crippen LogP contribution in [0.25, 0.3) is 0 Å². The Labute approximate surface area is 147 Å². The van der Waals surface area contributed by atoms with E-state index in [0.717, 1.165) is 0 Å². The summed E-state index contributed by atoms with van der Waals surface area (Å²) < 4.78 is 23.2. The molecule has 25 heavy (non-hydrogen) atoms. The van der Waals surface area contributed by atoms with Gasteiger partial charge in [0.2, 0.25) is 26.6 Å². The van der Waals surface area contributed by atoms with Crippen molar-refractivity contribution >= 4 is 45.9 Å². The summed E-state index contributed by atoms with van der Waals surface area (Å²) in [5.41, 5.74) is 3.96. The lowest BCUT2D eigenvalue weighted by Crippen LogP contribution is -2.52. The molecule has 0 aromatic carbocycles. The number of carbonyl (C=O) groups is 3. The van der Waals surface area contributed by atoms with Crippen molar-refractivity contribution in [2.75, 3.05) is 5.32 Å². The lowest BCUT2D eigenvalue weighted by atomic mass is 9.88. The van der Waals surface area contributed by atoms with Crippen LogP contribution in [0.1, 0.15) is 25.7 Å². The van der Waals surface area contributed by atoms with Crippen LogP contribution in [0.15, 0.2) is 0 Å². The number of hydrogen-bond donors (Lipinski definition) is 6. The molecule has 1 saturated carbocycles. The Kier molecular flexibility index (Phi) is 5.86. The molecule has 12 nitrogen and oxygen atoms in total. The van der Waals surface area contributed by atoms with E-state index in [0.29, 0.717) is 19.3 Å².